The third kappa shape index (κ3) is 3.16. The molecule has 0 aromatic heterocycles. The van der Waals surface area contributed by atoms with E-state index < -0.39 is 9.84 Å². The molecule has 1 saturated heterocycles. The van der Waals surface area contributed by atoms with Gasteiger partial charge in [0.05, 0.1) is 17.6 Å². The second-order valence-electron chi connectivity index (χ2n) is 4.93. The highest BCUT2D eigenvalue weighted by Crippen LogP contribution is 2.31. The van der Waals surface area contributed by atoms with Gasteiger partial charge in [0, 0.05) is 0 Å². The zero-order valence-corrected chi connectivity index (χ0v) is 11.7. The first-order valence-corrected chi connectivity index (χ1v) is 7.82. The average molecular weight is 270 g/mol. The highest BCUT2D eigenvalue weighted by molar-refractivity contribution is 7.92. The summed E-state index contributed by atoms with van der Waals surface area (Å²) >= 11 is 0. The predicted molar refractivity (Wildman–Crippen MR) is 70.0 cm³/mol. The van der Waals surface area contributed by atoms with Crippen LogP contribution in [-0.2, 0) is 9.84 Å². The van der Waals surface area contributed by atoms with Gasteiger partial charge in [-0.2, -0.15) is 0 Å². The monoisotopic (exact) mass is 270 g/mol. The van der Waals surface area contributed by atoms with Crippen molar-refractivity contribution in [2.24, 2.45) is 0 Å². The van der Waals surface area contributed by atoms with Crippen molar-refractivity contribution in [1.29, 1.82) is 0 Å². The van der Waals surface area contributed by atoms with Crippen LogP contribution in [0.1, 0.15) is 19.4 Å². The van der Waals surface area contributed by atoms with Crippen molar-refractivity contribution >= 4 is 9.84 Å². The van der Waals surface area contributed by atoms with Crippen molar-refractivity contribution in [2.45, 2.75) is 33.0 Å². The fourth-order valence-electron chi connectivity index (χ4n) is 1.82. The molecule has 2 rings (SSSR count). The Morgan fingerprint density at radius 3 is 2.44 bits per heavy atom. The van der Waals surface area contributed by atoms with E-state index in [1.807, 2.05) is 39.0 Å². The third-order valence-corrected chi connectivity index (χ3v) is 4.39. The van der Waals surface area contributed by atoms with E-state index >= 15 is 0 Å². The van der Waals surface area contributed by atoms with Gasteiger partial charge in [-0.15, -0.1) is 0 Å². The molecule has 100 valence electrons. The third-order valence-electron chi connectivity index (χ3n) is 2.64. The van der Waals surface area contributed by atoms with Crippen molar-refractivity contribution in [3.63, 3.8) is 0 Å². The molecule has 1 aliphatic heterocycles. The van der Waals surface area contributed by atoms with Gasteiger partial charge >= 0.3 is 0 Å². The number of hydrogen-bond donors (Lipinski definition) is 0. The molecule has 0 bridgehead atoms. The molecule has 0 radical (unpaired) electrons. The Morgan fingerprint density at radius 2 is 1.89 bits per heavy atom. The molecule has 0 amide bonds. The number of hydrogen-bond acceptors (Lipinski definition) is 4. The molecule has 1 aromatic rings. The lowest BCUT2D eigenvalue weighted by Gasteiger charge is -2.27. The lowest BCUT2D eigenvalue weighted by Crippen LogP contribution is -2.45. The maximum Gasteiger partial charge on any atom is 0.161 e. The van der Waals surface area contributed by atoms with E-state index in [9.17, 15) is 8.42 Å². The first-order chi connectivity index (χ1) is 8.35. The van der Waals surface area contributed by atoms with Gasteiger partial charge in [0.1, 0.15) is 6.10 Å². The Balaban J connectivity index is 2.13. The molecule has 0 N–H and O–H groups in total. The molecule has 1 heterocycles. The fraction of sp³-hybridized carbons (Fsp3) is 0.538. The quantitative estimate of drug-likeness (QED) is 0.839. The summed E-state index contributed by atoms with van der Waals surface area (Å²) in [4.78, 5) is 0. The Labute approximate surface area is 108 Å². The molecule has 0 aliphatic carbocycles. The van der Waals surface area contributed by atoms with Gasteiger partial charge in [-0.05, 0) is 38.5 Å². The Kier molecular flexibility index (Phi) is 3.52. The molecule has 0 spiro atoms. The van der Waals surface area contributed by atoms with Gasteiger partial charge in [0.2, 0.25) is 0 Å². The highest BCUT2D eigenvalue weighted by atomic mass is 32.2. The number of aryl methyl sites for hydroxylation is 1. The predicted octanol–water partition coefficient (Wildman–Crippen LogP) is 1.96. The molecular weight excluding hydrogens is 252 g/mol. The Bertz CT molecular complexity index is 522. The van der Waals surface area contributed by atoms with E-state index in [-0.39, 0.29) is 23.7 Å². The fourth-order valence-corrected chi connectivity index (χ4v) is 3.00. The molecular formula is C13H18O4S. The summed E-state index contributed by atoms with van der Waals surface area (Å²) in [7, 11) is -2.86. The van der Waals surface area contributed by atoms with Gasteiger partial charge < -0.3 is 9.47 Å². The second-order valence-corrected chi connectivity index (χ2v) is 7.09. The molecule has 0 atom stereocenters. The van der Waals surface area contributed by atoms with Crippen molar-refractivity contribution in [3.05, 3.63) is 23.8 Å². The van der Waals surface area contributed by atoms with Gasteiger partial charge in [-0.3, -0.25) is 0 Å². The largest absolute Gasteiger partial charge is 0.487 e. The highest BCUT2D eigenvalue weighted by Gasteiger charge is 2.35. The number of sulfone groups is 1. The number of ether oxygens (including phenoxy) is 2. The normalized spacial score (nSPS) is 18.4. The first-order valence-electron chi connectivity index (χ1n) is 6.00. The summed E-state index contributed by atoms with van der Waals surface area (Å²) in [6.45, 7) is 5.85. The van der Waals surface area contributed by atoms with E-state index in [1.54, 1.807) is 0 Å². The Morgan fingerprint density at radius 1 is 1.22 bits per heavy atom. The molecule has 5 heteroatoms. The van der Waals surface area contributed by atoms with Crippen molar-refractivity contribution in [3.8, 4) is 11.5 Å². The standard InChI is InChI=1S/C13H18O4S/c1-9(2)16-12-5-4-10(3)6-13(12)17-11-7-18(14,15)8-11/h4-6,9,11H,7-8H2,1-3H3. The summed E-state index contributed by atoms with van der Waals surface area (Å²) in [5, 5.41) is 0. The van der Waals surface area contributed by atoms with Crippen molar-refractivity contribution < 1.29 is 17.9 Å². The van der Waals surface area contributed by atoms with E-state index in [0.717, 1.165) is 5.56 Å². The van der Waals surface area contributed by atoms with Crippen LogP contribution >= 0.6 is 0 Å². The summed E-state index contributed by atoms with van der Waals surface area (Å²) in [5.41, 5.74) is 1.06. The maximum absolute atomic E-state index is 11.1. The molecule has 4 nitrogen and oxygen atoms in total. The molecule has 18 heavy (non-hydrogen) atoms. The minimum Gasteiger partial charge on any atom is -0.487 e. The molecule has 1 fully saturated rings. The van der Waals surface area contributed by atoms with Crippen LogP contribution in [0, 0.1) is 6.92 Å². The molecule has 0 saturated carbocycles. The van der Waals surface area contributed by atoms with E-state index in [4.69, 9.17) is 9.47 Å². The van der Waals surface area contributed by atoms with E-state index in [0.29, 0.717) is 11.5 Å². The van der Waals surface area contributed by atoms with Crippen LogP contribution in [0.15, 0.2) is 18.2 Å². The number of benzene rings is 1. The van der Waals surface area contributed by atoms with E-state index in [1.165, 1.54) is 0 Å². The van der Waals surface area contributed by atoms with Crippen molar-refractivity contribution in [1.82, 2.24) is 0 Å². The zero-order chi connectivity index (χ0) is 13.3. The van der Waals surface area contributed by atoms with Gasteiger partial charge in [0.15, 0.2) is 21.3 Å². The summed E-state index contributed by atoms with van der Waals surface area (Å²) < 4.78 is 33.6. The minimum atomic E-state index is -2.86. The summed E-state index contributed by atoms with van der Waals surface area (Å²) in [6.07, 6.45) is -0.188. The van der Waals surface area contributed by atoms with Crippen LogP contribution in [-0.4, -0.2) is 32.1 Å². The van der Waals surface area contributed by atoms with Gasteiger partial charge in [0.25, 0.3) is 0 Å². The van der Waals surface area contributed by atoms with Crippen LogP contribution in [0.25, 0.3) is 0 Å². The molecule has 0 unspecified atom stereocenters. The van der Waals surface area contributed by atoms with Gasteiger partial charge in [-0.1, -0.05) is 6.07 Å². The minimum absolute atomic E-state index is 0.0557. The van der Waals surface area contributed by atoms with E-state index in [2.05, 4.69) is 0 Å². The zero-order valence-electron chi connectivity index (χ0n) is 10.8. The summed E-state index contributed by atoms with van der Waals surface area (Å²) in [5.74, 6) is 1.49. The molecule has 1 aromatic carbocycles. The van der Waals surface area contributed by atoms with Crippen LogP contribution in [0.3, 0.4) is 0 Å². The first kappa shape index (κ1) is 13.2. The van der Waals surface area contributed by atoms with Crippen LogP contribution in [0.2, 0.25) is 0 Å². The number of rotatable bonds is 4. The lowest BCUT2D eigenvalue weighted by atomic mass is 10.2. The topological polar surface area (TPSA) is 52.6 Å². The maximum atomic E-state index is 11.1. The summed E-state index contributed by atoms with van der Waals surface area (Å²) in [6, 6.07) is 5.68. The van der Waals surface area contributed by atoms with Crippen LogP contribution < -0.4 is 9.47 Å². The average Bonchev–Trinajstić information content (AvgIpc) is 2.19. The smallest absolute Gasteiger partial charge is 0.161 e. The van der Waals surface area contributed by atoms with Crippen LogP contribution in [0.5, 0.6) is 11.5 Å². The SMILES string of the molecule is Cc1ccc(OC(C)C)c(OC2CS(=O)(=O)C2)c1. The van der Waals surface area contributed by atoms with Crippen molar-refractivity contribution in [2.75, 3.05) is 11.5 Å². The van der Waals surface area contributed by atoms with Crippen LogP contribution in [0.4, 0.5) is 0 Å². The lowest BCUT2D eigenvalue weighted by molar-refractivity contribution is 0.193. The molecule has 1 aliphatic rings. The Hall–Kier alpha value is -1.23. The second kappa shape index (κ2) is 4.80. The van der Waals surface area contributed by atoms with Gasteiger partial charge in [-0.25, -0.2) is 8.42 Å².